The molecule has 0 saturated carbocycles. The van der Waals surface area contributed by atoms with Crippen LogP contribution in [0.2, 0.25) is 0 Å². The number of ether oxygens (including phenoxy) is 3. The van der Waals surface area contributed by atoms with Crippen LogP contribution >= 0.6 is 0 Å². The zero-order chi connectivity index (χ0) is 14.0. The van der Waals surface area contributed by atoms with E-state index in [0.29, 0.717) is 5.75 Å². The van der Waals surface area contributed by atoms with Crippen LogP contribution in [-0.2, 0) is 14.3 Å². The van der Waals surface area contributed by atoms with Crippen LogP contribution in [0.5, 0.6) is 5.75 Å². The van der Waals surface area contributed by atoms with Gasteiger partial charge in [0.15, 0.2) is 6.61 Å². The van der Waals surface area contributed by atoms with Crippen LogP contribution in [0.25, 0.3) is 0 Å². The molecule has 1 rings (SSSR count). The third kappa shape index (κ3) is 4.86. The van der Waals surface area contributed by atoms with Crippen molar-refractivity contribution in [3.05, 3.63) is 29.8 Å². The molecule has 0 aliphatic heterocycles. The van der Waals surface area contributed by atoms with Gasteiger partial charge in [-0.25, -0.2) is 9.59 Å². The standard InChI is InChI=1S/C11H12O5.C2H6/c1-14-10(12)7-16-9-6-4-3-5-8(9)11(13)15-2;1-2/h3-6H,7H2,1-2H3;1-2H3. The molecule has 18 heavy (non-hydrogen) atoms. The van der Waals surface area contributed by atoms with E-state index < -0.39 is 11.9 Å². The second kappa shape index (κ2) is 9.04. The zero-order valence-corrected chi connectivity index (χ0v) is 11.1. The lowest BCUT2D eigenvalue weighted by molar-refractivity contribution is -0.142. The van der Waals surface area contributed by atoms with Gasteiger partial charge in [0.05, 0.1) is 14.2 Å². The Hall–Kier alpha value is -2.04. The highest BCUT2D eigenvalue weighted by Crippen LogP contribution is 2.18. The number of methoxy groups -OCH3 is 2. The summed E-state index contributed by atoms with van der Waals surface area (Å²) < 4.78 is 14.1. The highest BCUT2D eigenvalue weighted by atomic mass is 16.6. The van der Waals surface area contributed by atoms with Crippen molar-refractivity contribution in [2.24, 2.45) is 0 Å². The number of esters is 2. The third-order valence-electron chi connectivity index (χ3n) is 1.87. The number of rotatable bonds is 4. The summed E-state index contributed by atoms with van der Waals surface area (Å²) in [5, 5.41) is 0. The second-order valence-electron chi connectivity index (χ2n) is 2.85. The summed E-state index contributed by atoms with van der Waals surface area (Å²) in [6.07, 6.45) is 0. The van der Waals surface area contributed by atoms with Crippen molar-refractivity contribution in [2.45, 2.75) is 13.8 Å². The van der Waals surface area contributed by atoms with Gasteiger partial charge < -0.3 is 14.2 Å². The van der Waals surface area contributed by atoms with Crippen molar-refractivity contribution < 1.29 is 23.8 Å². The molecule has 0 aliphatic rings. The monoisotopic (exact) mass is 254 g/mol. The molecule has 0 radical (unpaired) electrons. The second-order valence-corrected chi connectivity index (χ2v) is 2.85. The molecule has 0 aliphatic carbocycles. The maximum Gasteiger partial charge on any atom is 0.343 e. The Bertz CT molecular complexity index is 387. The summed E-state index contributed by atoms with van der Waals surface area (Å²) in [5.41, 5.74) is 0.272. The molecule has 0 spiro atoms. The summed E-state index contributed by atoms with van der Waals surface area (Å²) in [6, 6.07) is 6.50. The molecule has 0 saturated heterocycles. The van der Waals surface area contributed by atoms with Gasteiger partial charge in [0.25, 0.3) is 0 Å². The van der Waals surface area contributed by atoms with Crippen LogP contribution < -0.4 is 4.74 Å². The van der Waals surface area contributed by atoms with E-state index in [4.69, 9.17) is 4.74 Å². The first-order valence-corrected chi connectivity index (χ1v) is 5.56. The number of hydrogen-bond donors (Lipinski definition) is 0. The van der Waals surface area contributed by atoms with Crippen molar-refractivity contribution in [2.75, 3.05) is 20.8 Å². The SMILES string of the molecule is CC.COC(=O)COc1ccccc1C(=O)OC. The summed E-state index contributed by atoms with van der Waals surface area (Å²) >= 11 is 0. The number of carbonyl (C=O) groups excluding carboxylic acids is 2. The summed E-state index contributed by atoms with van der Waals surface area (Å²) in [5.74, 6) is -0.736. The minimum absolute atomic E-state index is 0.246. The Morgan fingerprint density at radius 3 is 2.22 bits per heavy atom. The Labute approximate surface area is 107 Å². The van der Waals surface area contributed by atoms with Crippen LogP contribution in [-0.4, -0.2) is 32.8 Å². The fraction of sp³-hybridized carbons (Fsp3) is 0.385. The number of benzene rings is 1. The zero-order valence-electron chi connectivity index (χ0n) is 11.1. The van der Waals surface area contributed by atoms with Gasteiger partial charge in [-0.05, 0) is 12.1 Å². The number of para-hydroxylation sites is 1. The first-order valence-electron chi connectivity index (χ1n) is 5.56. The van der Waals surface area contributed by atoms with E-state index in [9.17, 15) is 9.59 Å². The molecular weight excluding hydrogens is 236 g/mol. The van der Waals surface area contributed by atoms with Crippen molar-refractivity contribution in [1.82, 2.24) is 0 Å². The summed E-state index contributed by atoms with van der Waals surface area (Å²) in [7, 11) is 2.54. The van der Waals surface area contributed by atoms with Crippen molar-refractivity contribution in [3.8, 4) is 5.75 Å². The van der Waals surface area contributed by atoms with Crippen LogP contribution in [0.4, 0.5) is 0 Å². The van der Waals surface area contributed by atoms with E-state index in [1.54, 1.807) is 24.3 Å². The quantitative estimate of drug-likeness (QED) is 0.769. The first kappa shape index (κ1) is 16.0. The molecule has 100 valence electrons. The number of carbonyl (C=O) groups is 2. The summed E-state index contributed by atoms with van der Waals surface area (Å²) in [4.78, 5) is 22.2. The maximum atomic E-state index is 11.3. The topological polar surface area (TPSA) is 61.8 Å². The smallest absolute Gasteiger partial charge is 0.343 e. The average Bonchev–Trinajstić information content (AvgIpc) is 2.46. The predicted octanol–water partition coefficient (Wildman–Crippen LogP) is 2.05. The molecule has 1 aromatic carbocycles. The molecule has 0 N–H and O–H groups in total. The van der Waals surface area contributed by atoms with Gasteiger partial charge in [0, 0.05) is 0 Å². The first-order chi connectivity index (χ1) is 8.69. The lowest BCUT2D eigenvalue weighted by atomic mass is 10.2. The highest BCUT2D eigenvalue weighted by molar-refractivity contribution is 5.92. The largest absolute Gasteiger partial charge is 0.481 e. The molecule has 0 heterocycles. The minimum Gasteiger partial charge on any atom is -0.481 e. The lowest BCUT2D eigenvalue weighted by Crippen LogP contribution is -2.14. The van der Waals surface area contributed by atoms with Gasteiger partial charge in [-0.3, -0.25) is 0 Å². The van der Waals surface area contributed by atoms with Gasteiger partial charge in [0.2, 0.25) is 0 Å². The molecule has 0 aromatic heterocycles. The average molecular weight is 254 g/mol. The summed E-state index contributed by atoms with van der Waals surface area (Å²) in [6.45, 7) is 3.75. The Morgan fingerprint density at radius 2 is 1.67 bits per heavy atom. The molecule has 5 nitrogen and oxygen atoms in total. The number of hydrogen-bond acceptors (Lipinski definition) is 5. The third-order valence-corrected chi connectivity index (χ3v) is 1.87. The van der Waals surface area contributed by atoms with E-state index in [1.165, 1.54) is 14.2 Å². The van der Waals surface area contributed by atoms with Crippen molar-refractivity contribution in [1.29, 1.82) is 0 Å². The Balaban J connectivity index is 0.00000137. The van der Waals surface area contributed by atoms with Gasteiger partial charge in [-0.1, -0.05) is 26.0 Å². The van der Waals surface area contributed by atoms with E-state index in [1.807, 2.05) is 13.8 Å². The van der Waals surface area contributed by atoms with E-state index in [-0.39, 0.29) is 12.2 Å². The van der Waals surface area contributed by atoms with Gasteiger partial charge in [-0.15, -0.1) is 0 Å². The fourth-order valence-electron chi connectivity index (χ4n) is 1.07. The van der Waals surface area contributed by atoms with Gasteiger partial charge in [-0.2, -0.15) is 0 Å². The highest BCUT2D eigenvalue weighted by Gasteiger charge is 2.13. The molecule has 0 unspecified atom stereocenters. The van der Waals surface area contributed by atoms with Crippen LogP contribution in [0, 0.1) is 0 Å². The molecule has 0 bridgehead atoms. The van der Waals surface area contributed by atoms with Crippen LogP contribution in [0.3, 0.4) is 0 Å². The molecular formula is C13H18O5. The van der Waals surface area contributed by atoms with Crippen LogP contribution in [0.15, 0.2) is 24.3 Å². The van der Waals surface area contributed by atoms with Gasteiger partial charge >= 0.3 is 11.9 Å². The van der Waals surface area contributed by atoms with Crippen molar-refractivity contribution in [3.63, 3.8) is 0 Å². The molecule has 0 amide bonds. The molecule has 0 fully saturated rings. The minimum atomic E-state index is -0.514. The Kier molecular flexibility index (Phi) is 8.01. The predicted molar refractivity (Wildman–Crippen MR) is 66.6 cm³/mol. The van der Waals surface area contributed by atoms with Crippen molar-refractivity contribution >= 4 is 11.9 Å². The van der Waals surface area contributed by atoms with Gasteiger partial charge in [0.1, 0.15) is 11.3 Å². The van der Waals surface area contributed by atoms with E-state index in [0.717, 1.165) is 0 Å². The van der Waals surface area contributed by atoms with E-state index in [2.05, 4.69) is 9.47 Å². The molecule has 5 heteroatoms. The van der Waals surface area contributed by atoms with Crippen LogP contribution in [0.1, 0.15) is 24.2 Å². The molecule has 1 aromatic rings. The van der Waals surface area contributed by atoms with E-state index >= 15 is 0 Å². The normalized spacial score (nSPS) is 8.67. The fourth-order valence-corrected chi connectivity index (χ4v) is 1.07. The Morgan fingerprint density at radius 1 is 1.06 bits per heavy atom. The maximum absolute atomic E-state index is 11.3. The molecule has 0 atom stereocenters. The lowest BCUT2D eigenvalue weighted by Gasteiger charge is -2.08.